The number of Topliss-reactive ketones (excluding diaryl/α,β-unsaturated/α-hetero) is 3. The molecule has 0 heterocycles. The van der Waals surface area contributed by atoms with Crippen LogP contribution >= 0.6 is 0 Å². The van der Waals surface area contributed by atoms with Gasteiger partial charge in [0.2, 0.25) is 0 Å². The van der Waals surface area contributed by atoms with E-state index in [0.717, 1.165) is 5.57 Å². The highest BCUT2D eigenvalue weighted by atomic mass is 16.3. The molecule has 28 heavy (non-hydrogen) atoms. The molecule has 0 aliphatic heterocycles. The zero-order chi connectivity index (χ0) is 24.2. The van der Waals surface area contributed by atoms with E-state index in [1.807, 2.05) is 6.92 Å². The van der Waals surface area contributed by atoms with E-state index in [9.17, 15) is 24.6 Å². The summed E-state index contributed by atoms with van der Waals surface area (Å²) in [5.74, 6) is -3.98. The van der Waals surface area contributed by atoms with E-state index in [0.29, 0.717) is 24.0 Å². The van der Waals surface area contributed by atoms with Gasteiger partial charge in [0.25, 0.3) is 0 Å². The Morgan fingerprint density at radius 1 is 1.32 bits per heavy atom. The molecule has 5 heteroatoms. The molecule has 0 aromatic carbocycles. The third-order valence-electron chi connectivity index (χ3n) is 8.20. The van der Waals surface area contributed by atoms with E-state index in [-0.39, 0.29) is 24.5 Å². The first-order valence-electron chi connectivity index (χ1n) is 11.9. The Morgan fingerprint density at radius 3 is 2.64 bits per heavy atom. The van der Waals surface area contributed by atoms with Crippen molar-refractivity contribution in [3.63, 3.8) is 0 Å². The summed E-state index contributed by atoms with van der Waals surface area (Å²) in [4.78, 5) is 39.2. The van der Waals surface area contributed by atoms with Crippen molar-refractivity contribution in [2.24, 2.45) is 28.6 Å². The summed E-state index contributed by atoms with van der Waals surface area (Å²) >= 11 is 0. The molecule has 0 amide bonds. The molecule has 3 saturated carbocycles. The molecular formula is C23H30O5. The summed E-state index contributed by atoms with van der Waals surface area (Å²) in [6.07, 6.45) is 0.200. The van der Waals surface area contributed by atoms with Crippen LogP contribution in [0.1, 0.15) is 65.2 Å². The Morgan fingerprint density at radius 2 is 2.00 bits per heavy atom. The number of hydrogen-bond donors (Lipinski definition) is 2. The minimum atomic E-state index is -3.35. The van der Waals surface area contributed by atoms with Crippen LogP contribution in [0.2, 0.25) is 0 Å². The second-order valence-corrected chi connectivity index (χ2v) is 9.36. The lowest BCUT2D eigenvalue weighted by Crippen LogP contribution is -2.60. The fourth-order valence-corrected chi connectivity index (χ4v) is 6.83. The Kier molecular flexibility index (Phi) is 3.25. The van der Waals surface area contributed by atoms with Crippen molar-refractivity contribution in [1.29, 1.82) is 0 Å². The van der Waals surface area contributed by atoms with Crippen LogP contribution in [0.4, 0.5) is 0 Å². The number of rotatable bonds is 2. The van der Waals surface area contributed by atoms with Crippen LogP contribution in [-0.2, 0) is 14.4 Å². The second-order valence-electron chi connectivity index (χ2n) is 9.36. The number of allylic oxidation sites excluding steroid dienone is 4. The maximum absolute atomic E-state index is 13.9. The van der Waals surface area contributed by atoms with Gasteiger partial charge < -0.3 is 10.2 Å². The zero-order valence-corrected chi connectivity index (χ0v) is 16.8. The number of fused-ring (bicyclic) bond motifs is 5. The molecule has 4 aliphatic rings. The Balaban J connectivity index is 1.90. The molecule has 0 aromatic rings. The molecule has 3 fully saturated rings. The largest absolute Gasteiger partial charge is 0.388 e. The molecule has 4 aliphatic carbocycles. The van der Waals surface area contributed by atoms with Crippen molar-refractivity contribution in [2.45, 2.75) is 65.4 Å². The van der Waals surface area contributed by atoms with E-state index in [1.54, 1.807) is 19.9 Å². The standard InChI is InChI=1S/C23H30O5/c1-12-9-21(3)15(13(2)20(12)27)6-5-14-16-7-8-23(28,18(26)11-24)22(16,4)10-17(25)19(14)21/h9,14,16,19,24,28H,5-8,10-11H2,1-4H3/t14-,16-,19+,21-,22-,23-/m0/s1/i10D2,11D2. The first kappa shape index (κ1) is 15.3. The van der Waals surface area contributed by atoms with Crippen molar-refractivity contribution in [3.05, 3.63) is 22.8 Å². The molecule has 152 valence electrons. The van der Waals surface area contributed by atoms with E-state index in [4.69, 9.17) is 5.48 Å². The quantitative estimate of drug-likeness (QED) is 0.756. The summed E-state index contributed by atoms with van der Waals surface area (Å²) in [5.41, 5.74) is -3.28. The smallest absolute Gasteiger partial charge is 0.190 e. The van der Waals surface area contributed by atoms with E-state index in [2.05, 4.69) is 0 Å². The number of aliphatic hydroxyl groups is 2. The molecular weight excluding hydrogens is 356 g/mol. The fraction of sp³-hybridized carbons (Fsp3) is 0.696. The van der Waals surface area contributed by atoms with Crippen molar-refractivity contribution in [1.82, 2.24) is 0 Å². The molecule has 0 unspecified atom stereocenters. The number of hydrogen-bond acceptors (Lipinski definition) is 5. The highest BCUT2D eigenvalue weighted by Gasteiger charge is 2.68. The van der Waals surface area contributed by atoms with Gasteiger partial charge in [-0.25, -0.2) is 0 Å². The predicted molar refractivity (Wildman–Crippen MR) is 103 cm³/mol. The highest BCUT2D eigenvalue weighted by Crippen LogP contribution is 2.66. The molecule has 4 rings (SSSR count). The van der Waals surface area contributed by atoms with Gasteiger partial charge in [0.15, 0.2) is 11.6 Å². The van der Waals surface area contributed by atoms with Crippen LogP contribution in [0.3, 0.4) is 0 Å². The number of ketones is 3. The first-order valence-corrected chi connectivity index (χ1v) is 9.94. The first-order chi connectivity index (χ1) is 14.5. The summed E-state index contributed by atoms with van der Waals surface area (Å²) in [6.45, 7) is 3.31. The van der Waals surface area contributed by atoms with Crippen LogP contribution in [0, 0.1) is 28.6 Å². The van der Waals surface area contributed by atoms with Gasteiger partial charge in [-0.05, 0) is 62.5 Å². The monoisotopic (exact) mass is 390 g/mol. The summed E-state index contributed by atoms with van der Waals surface area (Å²) in [6, 6.07) is 0. The van der Waals surface area contributed by atoms with E-state index < -0.39 is 52.8 Å². The average Bonchev–Trinajstić information content (AvgIpc) is 2.96. The number of carbonyl (C=O) groups is 3. The lowest BCUT2D eigenvalue weighted by atomic mass is 9.46. The SMILES string of the molecule is [2H]C([2H])(O)C(=O)[C@@]1(O)CC[C@H]2[C@@H]3CCC4=C(C)C(=O)C(C)=C[C@]4(C)[C@H]3C(=O)C([2H])([2H])[C@@]21C. The Hall–Kier alpha value is -1.59. The van der Waals surface area contributed by atoms with Crippen molar-refractivity contribution < 1.29 is 30.1 Å². The van der Waals surface area contributed by atoms with E-state index in [1.165, 1.54) is 6.92 Å². The van der Waals surface area contributed by atoms with Crippen molar-refractivity contribution in [2.75, 3.05) is 6.56 Å². The Bertz CT molecular complexity index is 1010. The summed E-state index contributed by atoms with van der Waals surface area (Å²) < 4.78 is 32.6. The summed E-state index contributed by atoms with van der Waals surface area (Å²) in [5, 5.41) is 21.1. The van der Waals surface area contributed by atoms with Crippen molar-refractivity contribution in [3.8, 4) is 0 Å². The second kappa shape index (κ2) is 5.96. The summed E-state index contributed by atoms with van der Waals surface area (Å²) in [7, 11) is 0. The topological polar surface area (TPSA) is 91.7 Å². The van der Waals surface area contributed by atoms with Gasteiger partial charge in [0.1, 0.15) is 17.9 Å². The molecule has 0 radical (unpaired) electrons. The third kappa shape index (κ3) is 2.18. The van der Waals surface area contributed by atoms with Crippen molar-refractivity contribution >= 4 is 17.3 Å². The zero-order valence-electron chi connectivity index (χ0n) is 20.8. The minimum absolute atomic E-state index is 0.0713. The maximum atomic E-state index is 13.9. The van der Waals surface area contributed by atoms with Crippen LogP contribution in [0.15, 0.2) is 22.8 Å². The van der Waals surface area contributed by atoms with Gasteiger partial charge >= 0.3 is 0 Å². The van der Waals surface area contributed by atoms with Crippen LogP contribution in [-0.4, -0.2) is 39.7 Å². The predicted octanol–water partition coefficient (Wildman–Crippen LogP) is 2.55. The minimum Gasteiger partial charge on any atom is -0.388 e. The maximum Gasteiger partial charge on any atom is 0.190 e. The lowest BCUT2D eigenvalue weighted by molar-refractivity contribution is -0.168. The molecule has 5 nitrogen and oxygen atoms in total. The van der Waals surface area contributed by atoms with Gasteiger partial charge in [0.05, 0.1) is 2.74 Å². The molecule has 0 spiro atoms. The van der Waals surface area contributed by atoms with Gasteiger partial charge in [-0.3, -0.25) is 14.4 Å². The van der Waals surface area contributed by atoms with Gasteiger partial charge in [-0.15, -0.1) is 0 Å². The fourth-order valence-electron chi connectivity index (χ4n) is 6.83. The normalized spacial score (nSPS) is 49.8. The molecule has 2 N–H and O–H groups in total. The Labute approximate surface area is 171 Å². The average molecular weight is 391 g/mol. The van der Waals surface area contributed by atoms with E-state index >= 15 is 0 Å². The van der Waals surface area contributed by atoms with Crippen LogP contribution < -0.4 is 0 Å². The number of carbonyl (C=O) groups excluding carboxylic acids is 3. The lowest BCUT2D eigenvalue weighted by Gasteiger charge is -2.57. The van der Waals surface area contributed by atoms with Gasteiger partial charge in [-0.1, -0.05) is 25.5 Å². The molecule has 0 bridgehead atoms. The molecule has 0 saturated heterocycles. The van der Waals surface area contributed by atoms with Crippen LogP contribution in [0.5, 0.6) is 0 Å². The van der Waals surface area contributed by atoms with Gasteiger partial charge in [-0.2, -0.15) is 0 Å². The molecule has 0 aromatic heterocycles. The van der Waals surface area contributed by atoms with Gasteiger partial charge in [0, 0.05) is 25.9 Å². The van der Waals surface area contributed by atoms with Crippen LogP contribution in [0.25, 0.3) is 0 Å². The third-order valence-corrected chi connectivity index (χ3v) is 8.20. The highest BCUT2D eigenvalue weighted by molar-refractivity contribution is 6.09. The molecule has 6 atom stereocenters.